The van der Waals surface area contributed by atoms with E-state index < -0.39 is 0 Å². The molecule has 1 aliphatic heterocycles. The molecule has 7 heteroatoms. The van der Waals surface area contributed by atoms with Crippen molar-refractivity contribution in [3.05, 3.63) is 65.7 Å². The summed E-state index contributed by atoms with van der Waals surface area (Å²) in [6, 6.07) is 18.1. The first-order chi connectivity index (χ1) is 14.0. The summed E-state index contributed by atoms with van der Waals surface area (Å²) in [5.74, 6) is 1.15. The van der Waals surface area contributed by atoms with Gasteiger partial charge < -0.3 is 10.7 Å². The monoisotopic (exact) mass is 407 g/mol. The van der Waals surface area contributed by atoms with Gasteiger partial charge in [-0.2, -0.15) is 0 Å². The number of carbonyl (C=O) groups excluding carboxylic acids is 1. The maximum Gasteiger partial charge on any atom is 0.236 e. The molecule has 6 nitrogen and oxygen atoms in total. The van der Waals surface area contributed by atoms with Crippen molar-refractivity contribution < 1.29 is 4.79 Å². The van der Waals surface area contributed by atoms with Gasteiger partial charge in [0.1, 0.15) is 5.25 Å². The molecule has 0 bridgehead atoms. The van der Waals surface area contributed by atoms with Gasteiger partial charge in [-0.3, -0.25) is 4.79 Å². The van der Waals surface area contributed by atoms with Gasteiger partial charge in [0.15, 0.2) is 5.82 Å². The molecule has 0 radical (unpaired) electrons. The summed E-state index contributed by atoms with van der Waals surface area (Å²) in [4.78, 5) is 13.0. The van der Waals surface area contributed by atoms with Gasteiger partial charge in [0.2, 0.25) is 11.1 Å². The Balaban J connectivity index is 1.70. The van der Waals surface area contributed by atoms with Crippen molar-refractivity contribution in [1.82, 2.24) is 20.2 Å². The van der Waals surface area contributed by atoms with E-state index in [4.69, 9.17) is 0 Å². The second-order valence-corrected chi connectivity index (χ2v) is 8.81. The van der Waals surface area contributed by atoms with Crippen LogP contribution in [0, 0.1) is 12.8 Å². The van der Waals surface area contributed by atoms with Crippen molar-refractivity contribution in [3.8, 4) is 11.4 Å². The van der Waals surface area contributed by atoms with Crippen LogP contribution in [0.2, 0.25) is 0 Å². The van der Waals surface area contributed by atoms with E-state index in [2.05, 4.69) is 66.0 Å². The van der Waals surface area contributed by atoms with Gasteiger partial charge in [0.25, 0.3) is 0 Å². The van der Waals surface area contributed by atoms with Crippen LogP contribution in [0.25, 0.3) is 11.4 Å². The molecule has 2 aromatic carbocycles. The van der Waals surface area contributed by atoms with Crippen molar-refractivity contribution in [3.63, 3.8) is 0 Å². The van der Waals surface area contributed by atoms with E-state index in [1.165, 1.54) is 17.3 Å². The number of amides is 1. The highest BCUT2D eigenvalue weighted by Gasteiger charge is 2.37. The van der Waals surface area contributed by atoms with E-state index in [1.54, 1.807) is 0 Å². The van der Waals surface area contributed by atoms with Crippen molar-refractivity contribution in [2.24, 2.45) is 5.92 Å². The molecular weight excluding hydrogens is 382 g/mol. The molecule has 3 aromatic rings. The van der Waals surface area contributed by atoms with Crippen LogP contribution in [0.5, 0.6) is 0 Å². The molecule has 29 heavy (non-hydrogen) atoms. The largest absolute Gasteiger partial charge is 0.355 e. The Kier molecular flexibility index (Phi) is 5.58. The van der Waals surface area contributed by atoms with E-state index in [0.717, 1.165) is 17.0 Å². The molecule has 0 saturated carbocycles. The SMILES string of the molecule is Cc1ccc(C2Nn3c(nnc3-c3ccccc3)SC2C(=O)NCC(C)C)cc1. The molecule has 4 rings (SSSR count). The summed E-state index contributed by atoms with van der Waals surface area (Å²) in [5.41, 5.74) is 6.73. The summed E-state index contributed by atoms with van der Waals surface area (Å²) >= 11 is 1.45. The summed E-state index contributed by atoms with van der Waals surface area (Å²) in [6.07, 6.45) is 0. The van der Waals surface area contributed by atoms with Gasteiger partial charge >= 0.3 is 0 Å². The zero-order valence-electron chi connectivity index (χ0n) is 16.8. The van der Waals surface area contributed by atoms with Crippen LogP contribution in [0.3, 0.4) is 0 Å². The lowest BCUT2D eigenvalue weighted by Gasteiger charge is -2.33. The number of fused-ring (bicyclic) bond motifs is 1. The van der Waals surface area contributed by atoms with Gasteiger partial charge in [0, 0.05) is 12.1 Å². The van der Waals surface area contributed by atoms with Crippen LogP contribution < -0.4 is 10.7 Å². The van der Waals surface area contributed by atoms with Gasteiger partial charge in [0.05, 0.1) is 6.04 Å². The topological polar surface area (TPSA) is 71.8 Å². The highest BCUT2D eigenvalue weighted by Crippen LogP contribution is 2.38. The second kappa shape index (κ2) is 8.29. The Morgan fingerprint density at radius 1 is 1.14 bits per heavy atom. The van der Waals surface area contributed by atoms with E-state index >= 15 is 0 Å². The number of hydrogen-bond acceptors (Lipinski definition) is 5. The third kappa shape index (κ3) is 4.15. The minimum absolute atomic E-state index is 0.0114. The van der Waals surface area contributed by atoms with Gasteiger partial charge in [-0.05, 0) is 18.4 Å². The summed E-state index contributed by atoms with van der Waals surface area (Å²) in [7, 11) is 0. The molecule has 0 fully saturated rings. The van der Waals surface area contributed by atoms with Crippen LogP contribution >= 0.6 is 11.8 Å². The van der Waals surface area contributed by atoms with E-state index in [-0.39, 0.29) is 17.2 Å². The normalized spacial score (nSPS) is 18.2. The lowest BCUT2D eigenvalue weighted by molar-refractivity contribution is -0.121. The first-order valence-corrected chi connectivity index (χ1v) is 10.7. The maximum atomic E-state index is 13.0. The van der Waals surface area contributed by atoms with Crippen molar-refractivity contribution in [2.45, 2.75) is 37.2 Å². The Morgan fingerprint density at radius 3 is 2.55 bits per heavy atom. The molecule has 2 atom stereocenters. The smallest absolute Gasteiger partial charge is 0.236 e. The fourth-order valence-corrected chi connectivity index (χ4v) is 4.36. The zero-order valence-corrected chi connectivity index (χ0v) is 17.6. The zero-order chi connectivity index (χ0) is 20.4. The molecule has 0 aliphatic carbocycles. The lowest BCUT2D eigenvalue weighted by atomic mass is 10.0. The van der Waals surface area contributed by atoms with E-state index in [1.807, 2.05) is 35.0 Å². The Hall–Kier alpha value is -2.80. The highest BCUT2D eigenvalue weighted by molar-refractivity contribution is 8.00. The van der Waals surface area contributed by atoms with Crippen molar-refractivity contribution in [1.29, 1.82) is 0 Å². The van der Waals surface area contributed by atoms with Crippen LogP contribution in [-0.2, 0) is 4.79 Å². The first kappa shape index (κ1) is 19.5. The maximum absolute atomic E-state index is 13.0. The molecule has 1 aromatic heterocycles. The van der Waals surface area contributed by atoms with Crippen LogP contribution in [0.4, 0.5) is 0 Å². The van der Waals surface area contributed by atoms with Crippen LogP contribution in [0.15, 0.2) is 59.8 Å². The molecule has 2 N–H and O–H groups in total. The third-order valence-corrected chi connectivity index (χ3v) is 6.06. The molecule has 0 spiro atoms. The average Bonchev–Trinajstić information content (AvgIpc) is 3.15. The quantitative estimate of drug-likeness (QED) is 0.673. The molecule has 150 valence electrons. The molecular formula is C22H25N5OS. The summed E-state index contributed by atoms with van der Waals surface area (Å²) < 4.78 is 1.90. The number of nitrogens with one attached hydrogen (secondary N) is 2. The van der Waals surface area contributed by atoms with E-state index in [0.29, 0.717) is 17.6 Å². The number of nitrogens with zero attached hydrogens (tertiary/aromatic N) is 3. The van der Waals surface area contributed by atoms with Crippen molar-refractivity contribution in [2.75, 3.05) is 12.0 Å². The minimum atomic E-state index is -0.336. The van der Waals surface area contributed by atoms with Crippen molar-refractivity contribution >= 4 is 17.7 Å². The second-order valence-electron chi connectivity index (χ2n) is 7.70. The Labute approximate surface area is 175 Å². The predicted molar refractivity (Wildman–Crippen MR) is 116 cm³/mol. The van der Waals surface area contributed by atoms with Gasteiger partial charge in [-0.15, -0.1) is 10.2 Å². The van der Waals surface area contributed by atoms with Gasteiger partial charge in [-0.25, -0.2) is 4.68 Å². The number of aromatic nitrogens is 3. The standard InChI is InChI=1S/C22H25N5OS/c1-14(2)13-23-21(28)19-18(16-11-9-15(3)10-12-16)26-27-20(24-25-22(27)29-19)17-7-5-4-6-8-17/h4-12,14,18-19,26H,13H2,1-3H3,(H,23,28). The average molecular weight is 408 g/mol. The number of rotatable bonds is 5. The van der Waals surface area contributed by atoms with E-state index in [9.17, 15) is 4.79 Å². The van der Waals surface area contributed by atoms with Gasteiger partial charge in [-0.1, -0.05) is 85.8 Å². The Bertz CT molecular complexity index is 984. The fraction of sp³-hybridized carbons (Fsp3) is 0.318. The number of carbonyl (C=O) groups is 1. The summed E-state index contributed by atoms with van der Waals surface area (Å²) in [6.45, 7) is 6.89. The molecule has 0 saturated heterocycles. The number of aryl methyl sites for hydroxylation is 1. The highest BCUT2D eigenvalue weighted by atomic mass is 32.2. The summed E-state index contributed by atoms with van der Waals surface area (Å²) in [5, 5.41) is 12.1. The number of hydrogen-bond donors (Lipinski definition) is 2. The molecule has 2 heterocycles. The Morgan fingerprint density at radius 2 is 1.86 bits per heavy atom. The van der Waals surface area contributed by atoms with Crippen LogP contribution in [0.1, 0.15) is 31.0 Å². The lowest BCUT2D eigenvalue weighted by Crippen LogP contribution is -2.44. The number of benzene rings is 2. The predicted octanol–water partition coefficient (Wildman–Crippen LogP) is 3.78. The number of thioether (sulfide) groups is 1. The first-order valence-electron chi connectivity index (χ1n) is 9.81. The fourth-order valence-electron chi connectivity index (χ4n) is 3.26. The molecule has 2 unspecified atom stereocenters. The third-order valence-electron chi connectivity index (χ3n) is 4.85. The molecule has 1 amide bonds. The van der Waals surface area contributed by atoms with Crippen LogP contribution in [-0.4, -0.2) is 32.6 Å². The minimum Gasteiger partial charge on any atom is -0.355 e. The molecule has 1 aliphatic rings.